The normalized spacial score (nSPS) is 16.9. The fourth-order valence-electron chi connectivity index (χ4n) is 13.0. The van der Waals surface area contributed by atoms with Gasteiger partial charge in [-0.05, 0) is 118 Å². The Morgan fingerprint density at radius 2 is 1.34 bits per heavy atom. The number of cyclic esters (lactones) is 1. The van der Waals surface area contributed by atoms with Crippen molar-refractivity contribution in [3.63, 3.8) is 0 Å². The summed E-state index contributed by atoms with van der Waals surface area (Å²) in [7, 11) is 0. The summed E-state index contributed by atoms with van der Waals surface area (Å²) in [5.74, 6) is -2.83. The monoisotopic (exact) mass is 1480 g/mol. The van der Waals surface area contributed by atoms with E-state index in [0.717, 1.165) is 29.4 Å². The van der Waals surface area contributed by atoms with Crippen molar-refractivity contribution >= 4 is 63.9 Å². The summed E-state index contributed by atoms with van der Waals surface area (Å²) in [4.78, 5) is 123. The second-order valence-corrected chi connectivity index (χ2v) is 26.2. The number of ether oxygens (including phenoxy) is 12. The lowest BCUT2D eigenvalue weighted by Gasteiger charge is -2.35. The van der Waals surface area contributed by atoms with Crippen LogP contribution in [0.5, 0.6) is 5.75 Å². The highest BCUT2D eigenvalue weighted by Gasteiger charge is 2.51. The van der Waals surface area contributed by atoms with Gasteiger partial charge in [0.15, 0.2) is 11.6 Å². The fraction of sp³-hybridized carbons (Fsp3) is 0.573. The number of phenolic OH excluding ortho intramolecular Hbond substituents is 1. The number of nitrogens with one attached hydrogen (secondary N) is 2. The topological polar surface area (TPSA) is 386 Å². The van der Waals surface area contributed by atoms with Crippen LogP contribution in [0.2, 0.25) is 0 Å². The first kappa shape index (κ1) is 81.3. The quantitative estimate of drug-likeness (QED) is 0.0208. The van der Waals surface area contributed by atoms with E-state index in [2.05, 4.69) is 20.9 Å². The molecule has 1 aliphatic carbocycles. The van der Waals surface area contributed by atoms with Crippen LogP contribution >= 0.6 is 0 Å². The zero-order valence-electron chi connectivity index (χ0n) is 60.5. The molecule has 4 amide bonds. The number of carbonyl (C=O) groups excluding carboxylic acids is 8. The van der Waals surface area contributed by atoms with Crippen molar-refractivity contribution in [2.24, 2.45) is 23.5 Å². The zero-order valence-corrected chi connectivity index (χ0v) is 60.5. The molecule has 5 aromatic rings. The van der Waals surface area contributed by atoms with E-state index in [4.69, 9.17) is 67.6 Å². The molecule has 3 aliphatic heterocycles. The number of aromatic hydroxyl groups is 1. The molecule has 1 saturated carbocycles. The van der Waals surface area contributed by atoms with E-state index in [1.165, 1.54) is 17.1 Å². The lowest BCUT2D eigenvalue weighted by molar-refractivity contribution is -0.175. The van der Waals surface area contributed by atoms with E-state index in [0.29, 0.717) is 204 Å². The smallest absolute Gasteiger partial charge is 0.508 e. The van der Waals surface area contributed by atoms with Crippen LogP contribution in [0.4, 0.5) is 10.5 Å². The second-order valence-electron chi connectivity index (χ2n) is 26.2. The van der Waals surface area contributed by atoms with Crippen molar-refractivity contribution in [3.8, 4) is 17.1 Å². The molecule has 31 nitrogen and oxygen atoms in total. The molecule has 0 spiro atoms. The number of benzene rings is 2. The third-order valence-electron chi connectivity index (χ3n) is 18.7. The van der Waals surface area contributed by atoms with Gasteiger partial charge in [-0.25, -0.2) is 19.3 Å². The number of hydrogen-bond acceptors (Lipinski definition) is 26. The molecule has 31 heteroatoms. The zero-order chi connectivity index (χ0) is 75.1. The number of aryl methyl sites for hydroxylation is 1. The average molecular weight is 1480 g/mol. The molecule has 2 aromatic carbocycles. The van der Waals surface area contributed by atoms with Crippen LogP contribution in [0, 0.1) is 17.8 Å². The highest BCUT2D eigenvalue weighted by atomic mass is 16.7. The van der Waals surface area contributed by atoms with Gasteiger partial charge in [0.25, 0.3) is 17.4 Å². The first-order valence-electron chi connectivity index (χ1n) is 36.6. The van der Waals surface area contributed by atoms with Gasteiger partial charge < -0.3 is 82.9 Å². The fourth-order valence-corrected chi connectivity index (χ4v) is 13.0. The molecular formula is C75H99N9O22. The van der Waals surface area contributed by atoms with Gasteiger partial charge in [-0.1, -0.05) is 37.6 Å². The Kier molecular flexibility index (Phi) is 32.6. The third kappa shape index (κ3) is 23.9. The maximum atomic E-state index is 14.1. The Bertz CT molecular complexity index is 3840. The van der Waals surface area contributed by atoms with Crippen molar-refractivity contribution < 1.29 is 100 Å². The van der Waals surface area contributed by atoms with Gasteiger partial charge in [0, 0.05) is 72.2 Å². The average Bonchev–Trinajstić information content (AvgIpc) is 1.49. The second kappa shape index (κ2) is 42.5. The first-order valence-corrected chi connectivity index (χ1v) is 36.6. The van der Waals surface area contributed by atoms with E-state index < -0.39 is 29.2 Å². The molecule has 5 N–H and O–H groups in total. The van der Waals surface area contributed by atoms with E-state index in [1.807, 2.05) is 6.92 Å². The van der Waals surface area contributed by atoms with Crippen LogP contribution in [0.1, 0.15) is 118 Å². The van der Waals surface area contributed by atoms with Crippen molar-refractivity contribution in [1.82, 2.24) is 34.8 Å². The summed E-state index contributed by atoms with van der Waals surface area (Å²) in [6, 6.07) is 13.1. The Labute approximate surface area is 614 Å². The summed E-state index contributed by atoms with van der Waals surface area (Å²) < 4.78 is 70.1. The Balaban J connectivity index is 0.528. The molecule has 4 aliphatic rings. The van der Waals surface area contributed by atoms with Gasteiger partial charge in [0.05, 0.1) is 147 Å². The van der Waals surface area contributed by atoms with Gasteiger partial charge in [0.2, 0.25) is 17.4 Å². The van der Waals surface area contributed by atoms with Gasteiger partial charge in [0.1, 0.15) is 37.9 Å². The number of aromatic nitrogens is 5. The Hall–Kier alpha value is -8.76. The number of amides is 4. The minimum atomic E-state index is -2.00. The molecule has 1 fully saturated rings. The van der Waals surface area contributed by atoms with Gasteiger partial charge in [-0.2, -0.15) is 0 Å². The maximum Gasteiger partial charge on any atom is 0.510 e. The number of esters is 1. The summed E-state index contributed by atoms with van der Waals surface area (Å²) in [6.07, 6.45) is 8.92. The van der Waals surface area contributed by atoms with Gasteiger partial charge in [-0.3, -0.25) is 38.5 Å². The number of pyridine rings is 2. The number of ketones is 2. The van der Waals surface area contributed by atoms with E-state index in [-0.39, 0.29) is 123 Å². The molecule has 9 rings (SSSR count). The highest BCUT2D eigenvalue weighted by Crippen LogP contribution is 2.43. The molecule has 106 heavy (non-hydrogen) atoms. The molecular weight excluding hydrogens is 1380 g/mol. The van der Waals surface area contributed by atoms with E-state index in [9.17, 15) is 48.3 Å². The van der Waals surface area contributed by atoms with Crippen molar-refractivity contribution in [2.45, 2.75) is 129 Å². The molecule has 1 unspecified atom stereocenters. The number of rotatable bonds is 50. The summed E-state index contributed by atoms with van der Waals surface area (Å²) in [5.41, 5.74) is 8.68. The number of carbonyl (C=O) groups is 8. The predicted octanol–water partition coefficient (Wildman–Crippen LogP) is 5.49. The predicted molar refractivity (Wildman–Crippen MR) is 380 cm³/mol. The lowest BCUT2D eigenvalue weighted by Crippen LogP contribution is -2.47. The number of unbranched alkanes of at least 4 members (excludes halogenated alkanes) is 1. The van der Waals surface area contributed by atoms with Crippen LogP contribution in [-0.2, 0) is 135 Å². The van der Waals surface area contributed by atoms with Crippen LogP contribution in [0.25, 0.3) is 22.3 Å². The first-order chi connectivity index (χ1) is 51.6. The lowest BCUT2D eigenvalue weighted by atomic mass is 9.81. The van der Waals surface area contributed by atoms with Crippen molar-refractivity contribution in [3.05, 3.63) is 111 Å². The Morgan fingerprint density at radius 3 is 1.96 bits per heavy atom. The molecule has 0 radical (unpaired) electrons. The minimum absolute atomic E-state index is 0.0265. The maximum absolute atomic E-state index is 14.1. The van der Waals surface area contributed by atoms with Gasteiger partial charge in [-0.15, -0.1) is 5.10 Å². The molecule has 6 heterocycles. The van der Waals surface area contributed by atoms with Crippen molar-refractivity contribution in [1.29, 1.82) is 0 Å². The number of anilines is 1. The molecule has 0 saturated heterocycles. The Morgan fingerprint density at radius 1 is 0.717 bits per heavy atom. The standard InChI is InChI=1S/C75H99N9O22/c1-3-60-61-41-57(85)18-19-65(61)79-69-62(60)46-83-66(69)42-64-63(72(83)92)50-104-73(93)75(64,4-2)106-74(94)105-47-52-12-16-55(17-13-52)78-71(91)54(8-5-6-22-76)40-59(87)49-103-48-58(86)9-7-24-95-26-28-97-30-32-99-34-36-101-38-39-102-37-35-100-33-31-98-29-27-96-25-23-82-45-56(80-81-82)43-77-70(90)53-14-10-51(11-15-53)44-84-67(88)20-21-68(84)89/h12-13,16-21,41-42,45,51,53-54,85H,3-11,14-15,22-40,43-44,46-50,76H2,1-2H3,(H,77,90)(H,78,91)/t51?,53?,54?,75-/m0/s1. The number of nitrogens with zero attached hydrogens (tertiary/aromatic N) is 6. The summed E-state index contributed by atoms with van der Waals surface area (Å²) in [6.45, 7) is 10.7. The molecule has 3 aromatic heterocycles. The number of fused-ring (bicyclic) bond motifs is 5. The van der Waals surface area contributed by atoms with E-state index >= 15 is 0 Å². The number of Topliss-reactive ketones (excluding diaryl/α,β-unsaturated/α-hetero) is 2. The largest absolute Gasteiger partial charge is 0.510 e. The number of imide groups is 1. The molecule has 576 valence electrons. The summed E-state index contributed by atoms with van der Waals surface area (Å²) in [5, 5.41) is 25.1. The van der Waals surface area contributed by atoms with Crippen LogP contribution in [0.3, 0.4) is 0 Å². The number of phenols is 1. The van der Waals surface area contributed by atoms with Crippen LogP contribution in [0.15, 0.2) is 71.7 Å². The van der Waals surface area contributed by atoms with Crippen LogP contribution in [-0.4, -0.2) is 214 Å². The SMILES string of the molecule is CCc1c2c(nc3ccc(O)cc13)-c1cc3c(c(=O)n1C2)COC(=O)[C@@]3(CC)OC(=O)OCc1ccc(NC(=O)C(CCCCN)CC(=O)COCC(=O)CCCOCCOCCOCCOCCOCCOCCOCCOCCn2cc(CNC(=O)C3CCC(CN4C(=O)C=CC4=O)CC3)nn2)cc1. The third-order valence-corrected chi connectivity index (χ3v) is 18.7. The minimum Gasteiger partial charge on any atom is -0.508 e. The highest BCUT2D eigenvalue weighted by molar-refractivity contribution is 6.13. The molecule has 2 atom stereocenters. The van der Waals surface area contributed by atoms with Crippen molar-refractivity contribution in [2.75, 3.05) is 137 Å². The molecule has 0 bridgehead atoms. The number of nitrogens with two attached hydrogens (primary N) is 1. The van der Waals surface area contributed by atoms with Crippen LogP contribution < -0.4 is 21.9 Å². The summed E-state index contributed by atoms with van der Waals surface area (Å²) >= 11 is 0. The number of hydrogen-bond donors (Lipinski definition) is 4. The van der Waals surface area contributed by atoms with Gasteiger partial charge >= 0.3 is 12.1 Å². The van der Waals surface area contributed by atoms with E-state index in [1.54, 1.807) is 70.9 Å².